The molecule has 0 spiro atoms. The third kappa shape index (κ3) is 3.77. The van der Waals surface area contributed by atoms with Gasteiger partial charge in [0.1, 0.15) is 0 Å². The Morgan fingerprint density at radius 3 is 2.58 bits per heavy atom. The first kappa shape index (κ1) is 14.6. The molecule has 1 rings (SSSR count). The summed E-state index contributed by atoms with van der Waals surface area (Å²) >= 11 is 0. The summed E-state index contributed by atoms with van der Waals surface area (Å²) in [5, 5.41) is 10.6. The van der Waals surface area contributed by atoms with Crippen molar-refractivity contribution in [3.05, 3.63) is 39.9 Å². The first-order chi connectivity index (χ1) is 8.82. The lowest BCUT2D eigenvalue weighted by molar-refractivity contribution is -0.384. The van der Waals surface area contributed by atoms with E-state index in [4.69, 9.17) is 4.74 Å². The van der Waals surface area contributed by atoms with Gasteiger partial charge in [0, 0.05) is 31.7 Å². The maximum Gasteiger partial charge on any atom is 0.304 e. The molecule has 0 radical (unpaired) electrons. The van der Waals surface area contributed by atoms with Crippen LogP contribution in [0.2, 0.25) is 0 Å². The summed E-state index contributed by atoms with van der Waals surface area (Å²) in [5.74, 6) is -0.969. The number of amides is 1. The lowest BCUT2D eigenvalue weighted by atomic mass is 10.2. The standard InChI is InChI=1S/C12H14N2O5/c1-8(19-9(2)15)13(3)12(16)10-5-4-6-11(7-10)14(17)18/h4-8H,1-3H3. The molecule has 0 N–H and O–H groups in total. The van der Waals surface area contributed by atoms with Crippen molar-refractivity contribution >= 4 is 17.6 Å². The van der Waals surface area contributed by atoms with Gasteiger partial charge in [0.25, 0.3) is 11.6 Å². The summed E-state index contributed by atoms with van der Waals surface area (Å²) in [7, 11) is 1.45. The van der Waals surface area contributed by atoms with Crippen LogP contribution in [0.25, 0.3) is 0 Å². The highest BCUT2D eigenvalue weighted by Gasteiger charge is 2.20. The van der Waals surface area contributed by atoms with Gasteiger partial charge in [-0.25, -0.2) is 0 Å². The Bertz CT molecular complexity index is 515. The predicted molar refractivity (Wildman–Crippen MR) is 66.4 cm³/mol. The van der Waals surface area contributed by atoms with Gasteiger partial charge in [-0.05, 0) is 13.0 Å². The molecule has 1 unspecified atom stereocenters. The zero-order valence-corrected chi connectivity index (χ0v) is 10.8. The molecule has 0 aromatic heterocycles. The van der Waals surface area contributed by atoms with Crippen molar-refractivity contribution in [1.82, 2.24) is 4.90 Å². The van der Waals surface area contributed by atoms with Crippen LogP contribution in [0.1, 0.15) is 24.2 Å². The van der Waals surface area contributed by atoms with Crippen molar-refractivity contribution in [2.45, 2.75) is 20.1 Å². The van der Waals surface area contributed by atoms with Crippen LogP contribution in [0.15, 0.2) is 24.3 Å². The fourth-order valence-electron chi connectivity index (χ4n) is 1.44. The van der Waals surface area contributed by atoms with Crippen molar-refractivity contribution in [3.63, 3.8) is 0 Å². The molecule has 0 heterocycles. The summed E-state index contributed by atoms with van der Waals surface area (Å²) in [6.07, 6.45) is -0.746. The van der Waals surface area contributed by atoms with E-state index in [1.54, 1.807) is 0 Å². The Balaban J connectivity index is 2.90. The lowest BCUT2D eigenvalue weighted by Gasteiger charge is -2.24. The molecule has 0 fully saturated rings. The third-order valence-electron chi connectivity index (χ3n) is 2.51. The van der Waals surface area contributed by atoms with E-state index < -0.39 is 23.0 Å². The van der Waals surface area contributed by atoms with Gasteiger partial charge in [0.05, 0.1) is 4.92 Å². The van der Waals surface area contributed by atoms with Gasteiger partial charge in [0.2, 0.25) is 0 Å². The highest BCUT2D eigenvalue weighted by Crippen LogP contribution is 2.15. The fraction of sp³-hybridized carbons (Fsp3) is 0.333. The molecular weight excluding hydrogens is 252 g/mol. The van der Waals surface area contributed by atoms with E-state index in [0.29, 0.717) is 0 Å². The van der Waals surface area contributed by atoms with Crippen molar-refractivity contribution in [2.75, 3.05) is 7.05 Å². The quantitative estimate of drug-likeness (QED) is 0.357. The van der Waals surface area contributed by atoms with Crippen LogP contribution in [0.5, 0.6) is 0 Å². The molecular formula is C12H14N2O5. The number of nitro benzene ring substituents is 1. The molecule has 0 bridgehead atoms. The second kappa shape index (κ2) is 5.94. The predicted octanol–water partition coefficient (Wildman–Crippen LogP) is 1.58. The molecule has 0 saturated carbocycles. The molecule has 1 atom stereocenters. The summed E-state index contributed by atoms with van der Waals surface area (Å²) in [6.45, 7) is 2.78. The summed E-state index contributed by atoms with van der Waals surface area (Å²) in [4.78, 5) is 34.1. The normalized spacial score (nSPS) is 11.5. The van der Waals surface area contributed by atoms with Gasteiger partial charge in [-0.2, -0.15) is 0 Å². The van der Waals surface area contributed by atoms with Crippen molar-refractivity contribution in [3.8, 4) is 0 Å². The molecule has 0 aliphatic heterocycles. The minimum absolute atomic E-state index is 0.163. The largest absolute Gasteiger partial charge is 0.442 e. The molecule has 7 nitrogen and oxygen atoms in total. The van der Waals surface area contributed by atoms with Gasteiger partial charge in [-0.15, -0.1) is 0 Å². The number of hydrogen-bond donors (Lipinski definition) is 0. The minimum Gasteiger partial charge on any atom is -0.442 e. The monoisotopic (exact) mass is 266 g/mol. The maximum absolute atomic E-state index is 12.1. The number of ether oxygens (including phenoxy) is 1. The highest BCUT2D eigenvalue weighted by atomic mass is 16.6. The third-order valence-corrected chi connectivity index (χ3v) is 2.51. The highest BCUT2D eigenvalue weighted by molar-refractivity contribution is 5.94. The average molecular weight is 266 g/mol. The van der Waals surface area contributed by atoms with E-state index in [1.165, 1.54) is 50.1 Å². The zero-order valence-electron chi connectivity index (χ0n) is 10.8. The summed E-state index contributed by atoms with van der Waals surface area (Å²) in [6, 6.07) is 5.37. The number of carbonyl (C=O) groups is 2. The van der Waals surface area contributed by atoms with Gasteiger partial charge in [-0.1, -0.05) is 6.07 Å². The molecule has 1 aromatic carbocycles. The Morgan fingerprint density at radius 2 is 2.05 bits per heavy atom. The molecule has 0 saturated heterocycles. The van der Waals surface area contributed by atoms with Crippen LogP contribution in [-0.2, 0) is 9.53 Å². The van der Waals surface area contributed by atoms with E-state index in [0.717, 1.165) is 0 Å². The lowest BCUT2D eigenvalue weighted by Crippen LogP contribution is -2.37. The van der Waals surface area contributed by atoms with E-state index in [1.807, 2.05) is 0 Å². The van der Waals surface area contributed by atoms with Crippen LogP contribution in [0, 0.1) is 10.1 Å². The van der Waals surface area contributed by atoms with Crippen LogP contribution in [0.3, 0.4) is 0 Å². The zero-order chi connectivity index (χ0) is 14.6. The fourth-order valence-corrected chi connectivity index (χ4v) is 1.44. The number of benzene rings is 1. The van der Waals surface area contributed by atoms with Crippen molar-refractivity contribution in [1.29, 1.82) is 0 Å². The maximum atomic E-state index is 12.1. The molecule has 19 heavy (non-hydrogen) atoms. The molecule has 0 aliphatic carbocycles. The number of nitrogens with zero attached hydrogens (tertiary/aromatic N) is 2. The second-order valence-corrected chi connectivity index (χ2v) is 3.93. The van der Waals surface area contributed by atoms with Crippen LogP contribution >= 0.6 is 0 Å². The Kier molecular flexibility index (Phi) is 4.57. The molecule has 0 aliphatic rings. The number of rotatable bonds is 4. The molecule has 1 aromatic rings. The van der Waals surface area contributed by atoms with E-state index >= 15 is 0 Å². The first-order valence-corrected chi connectivity index (χ1v) is 5.51. The van der Waals surface area contributed by atoms with Crippen LogP contribution in [0.4, 0.5) is 5.69 Å². The van der Waals surface area contributed by atoms with Crippen LogP contribution in [-0.4, -0.2) is 35.0 Å². The van der Waals surface area contributed by atoms with E-state index in [9.17, 15) is 19.7 Å². The minimum atomic E-state index is -0.746. The number of hydrogen-bond acceptors (Lipinski definition) is 5. The summed E-state index contributed by atoms with van der Waals surface area (Å²) < 4.78 is 4.86. The number of esters is 1. The van der Waals surface area contributed by atoms with Crippen molar-refractivity contribution in [2.24, 2.45) is 0 Å². The number of nitro groups is 1. The number of carbonyl (C=O) groups excluding carboxylic acids is 2. The molecule has 7 heteroatoms. The first-order valence-electron chi connectivity index (χ1n) is 5.51. The second-order valence-electron chi connectivity index (χ2n) is 3.93. The molecule has 1 amide bonds. The smallest absolute Gasteiger partial charge is 0.304 e. The average Bonchev–Trinajstić information content (AvgIpc) is 2.36. The Hall–Kier alpha value is -2.44. The van der Waals surface area contributed by atoms with E-state index in [2.05, 4.69) is 0 Å². The van der Waals surface area contributed by atoms with Crippen LogP contribution < -0.4 is 0 Å². The van der Waals surface area contributed by atoms with Gasteiger partial charge in [-0.3, -0.25) is 19.7 Å². The summed E-state index contributed by atoms with van der Waals surface area (Å²) in [5.41, 5.74) is -0.00455. The Labute approximate surface area is 109 Å². The van der Waals surface area contributed by atoms with Gasteiger partial charge < -0.3 is 9.64 Å². The van der Waals surface area contributed by atoms with Gasteiger partial charge in [0.15, 0.2) is 6.23 Å². The van der Waals surface area contributed by atoms with E-state index in [-0.39, 0.29) is 11.3 Å². The number of non-ortho nitro benzene ring substituents is 1. The molecule has 102 valence electrons. The van der Waals surface area contributed by atoms with Gasteiger partial charge >= 0.3 is 5.97 Å². The van der Waals surface area contributed by atoms with Crippen molar-refractivity contribution < 1.29 is 19.2 Å². The topological polar surface area (TPSA) is 89.8 Å². The SMILES string of the molecule is CC(=O)OC(C)N(C)C(=O)c1cccc([N+](=O)[O-])c1. The Morgan fingerprint density at radius 1 is 1.42 bits per heavy atom.